The quantitative estimate of drug-likeness (QED) is 0.887. The van der Waals surface area contributed by atoms with Gasteiger partial charge in [-0.05, 0) is 36.8 Å². The van der Waals surface area contributed by atoms with Crippen LogP contribution in [0.3, 0.4) is 0 Å². The molecule has 1 fully saturated rings. The lowest BCUT2D eigenvalue weighted by atomic mass is 10.0. The molecule has 0 spiro atoms. The third-order valence-corrected chi connectivity index (χ3v) is 4.10. The molecule has 1 aliphatic heterocycles. The van der Waals surface area contributed by atoms with Crippen LogP contribution >= 0.6 is 0 Å². The maximum Gasteiger partial charge on any atom is 0.104 e. The molecule has 2 unspecified atom stereocenters. The van der Waals surface area contributed by atoms with Crippen molar-refractivity contribution in [1.29, 1.82) is 0 Å². The predicted molar refractivity (Wildman–Crippen MR) is 93.5 cm³/mol. The van der Waals surface area contributed by atoms with E-state index in [1.54, 1.807) is 0 Å². The summed E-state index contributed by atoms with van der Waals surface area (Å²) < 4.78 is 0. The summed E-state index contributed by atoms with van der Waals surface area (Å²) in [6, 6.07) is 20.8. The maximum atomic E-state index is 9.22. The molecule has 2 aromatic rings. The minimum atomic E-state index is -0.247. The lowest BCUT2D eigenvalue weighted by Gasteiger charge is -2.32. The molecule has 1 saturated heterocycles. The Morgan fingerprint density at radius 1 is 0.955 bits per heavy atom. The first-order valence-corrected chi connectivity index (χ1v) is 8.19. The number of hydrogen-bond acceptors (Lipinski definition) is 2. The highest BCUT2D eigenvalue weighted by Gasteiger charge is 2.18. The summed E-state index contributed by atoms with van der Waals surface area (Å²) in [4.78, 5) is 2.13. The largest absolute Gasteiger partial charge is 0.379 e. The molecular weight excluding hydrogens is 270 g/mol. The van der Waals surface area contributed by atoms with Crippen LogP contribution in [-0.4, -0.2) is 29.3 Å². The topological polar surface area (TPSA) is 23.5 Å². The zero-order chi connectivity index (χ0) is 15.8. The summed E-state index contributed by atoms with van der Waals surface area (Å²) in [5, 5.41) is 9.22. The van der Waals surface area contributed by atoms with Crippen LogP contribution in [-0.2, 0) is 0 Å². The van der Waals surface area contributed by atoms with Crippen molar-refractivity contribution in [2.45, 2.75) is 32.9 Å². The maximum absolute atomic E-state index is 9.22. The van der Waals surface area contributed by atoms with Gasteiger partial charge in [0.25, 0.3) is 0 Å². The highest BCUT2D eigenvalue weighted by atomic mass is 16.3. The average Bonchev–Trinajstić information content (AvgIpc) is 2.57. The van der Waals surface area contributed by atoms with E-state index in [1.165, 1.54) is 24.0 Å². The van der Waals surface area contributed by atoms with Gasteiger partial charge in [0.2, 0.25) is 0 Å². The number of hydrogen-bond donors (Lipinski definition) is 1. The number of likely N-dealkylation sites (tertiary alicyclic amines) is 1. The van der Waals surface area contributed by atoms with Crippen molar-refractivity contribution < 1.29 is 5.11 Å². The fourth-order valence-corrected chi connectivity index (χ4v) is 2.83. The van der Waals surface area contributed by atoms with E-state index >= 15 is 0 Å². The fraction of sp³-hybridized carbons (Fsp3) is 0.400. The summed E-state index contributed by atoms with van der Waals surface area (Å²) in [5.41, 5.74) is 2.55. The molecule has 0 bridgehead atoms. The molecule has 0 aliphatic carbocycles. The standard InChI is InChI=1S/C12H10.C8H17NO/c1-3-7-11(8-4-1)12-9-5-2-6-10-12;1-7-4-3-5-9(6-7)8(2)10/h1-10H;7-8,10H,3-6H2,1-2H3. The third kappa shape index (κ3) is 5.28. The van der Waals surface area contributed by atoms with Gasteiger partial charge in [-0.3, -0.25) is 4.90 Å². The molecule has 0 radical (unpaired) electrons. The molecule has 0 aromatic heterocycles. The Balaban J connectivity index is 0.000000164. The number of rotatable bonds is 2. The zero-order valence-corrected chi connectivity index (χ0v) is 13.7. The summed E-state index contributed by atoms with van der Waals surface area (Å²) >= 11 is 0. The van der Waals surface area contributed by atoms with Crippen molar-refractivity contribution in [3.05, 3.63) is 60.7 Å². The van der Waals surface area contributed by atoms with Gasteiger partial charge in [-0.25, -0.2) is 0 Å². The van der Waals surface area contributed by atoms with Gasteiger partial charge in [0, 0.05) is 13.1 Å². The van der Waals surface area contributed by atoms with Crippen LogP contribution in [0.1, 0.15) is 26.7 Å². The van der Waals surface area contributed by atoms with Crippen LogP contribution in [0, 0.1) is 5.92 Å². The van der Waals surface area contributed by atoms with Gasteiger partial charge in [-0.15, -0.1) is 0 Å². The van der Waals surface area contributed by atoms with E-state index in [-0.39, 0.29) is 6.23 Å². The summed E-state index contributed by atoms with van der Waals surface area (Å²) in [5.74, 6) is 0.767. The van der Waals surface area contributed by atoms with Crippen molar-refractivity contribution in [2.24, 2.45) is 5.92 Å². The van der Waals surface area contributed by atoms with Crippen molar-refractivity contribution in [3.63, 3.8) is 0 Å². The summed E-state index contributed by atoms with van der Waals surface area (Å²) in [6.45, 7) is 6.23. The lowest BCUT2D eigenvalue weighted by Crippen LogP contribution is -2.40. The van der Waals surface area contributed by atoms with E-state index in [2.05, 4.69) is 60.4 Å². The van der Waals surface area contributed by atoms with Gasteiger partial charge in [0.1, 0.15) is 6.23 Å². The molecule has 2 aromatic carbocycles. The first-order valence-electron chi connectivity index (χ1n) is 8.19. The number of aliphatic hydroxyl groups excluding tert-OH is 1. The van der Waals surface area contributed by atoms with Crippen LogP contribution in [0.4, 0.5) is 0 Å². The normalized spacial score (nSPS) is 19.9. The van der Waals surface area contributed by atoms with Gasteiger partial charge < -0.3 is 5.11 Å². The van der Waals surface area contributed by atoms with Gasteiger partial charge in [-0.2, -0.15) is 0 Å². The Labute approximate surface area is 134 Å². The lowest BCUT2D eigenvalue weighted by molar-refractivity contribution is -0.00599. The SMILES string of the molecule is CC1CCCN(C(C)O)C1.c1ccc(-c2ccccc2)cc1. The Bertz CT molecular complexity index is 486. The summed E-state index contributed by atoms with van der Waals surface area (Å²) in [7, 11) is 0. The van der Waals surface area contributed by atoms with Crippen molar-refractivity contribution >= 4 is 0 Å². The van der Waals surface area contributed by atoms with Gasteiger partial charge in [0.05, 0.1) is 0 Å². The van der Waals surface area contributed by atoms with E-state index in [4.69, 9.17) is 0 Å². The molecule has 1 aliphatic rings. The fourth-order valence-electron chi connectivity index (χ4n) is 2.83. The molecule has 2 heteroatoms. The molecule has 0 amide bonds. The van der Waals surface area contributed by atoms with Gasteiger partial charge in [-0.1, -0.05) is 67.6 Å². The minimum Gasteiger partial charge on any atom is -0.379 e. The first kappa shape index (κ1) is 16.7. The Hall–Kier alpha value is -1.64. The minimum absolute atomic E-state index is 0.247. The Morgan fingerprint density at radius 3 is 1.82 bits per heavy atom. The number of benzene rings is 2. The Kier molecular flexibility index (Phi) is 6.63. The van der Waals surface area contributed by atoms with E-state index in [0.717, 1.165) is 19.0 Å². The highest BCUT2D eigenvalue weighted by molar-refractivity contribution is 5.62. The predicted octanol–water partition coefficient (Wildman–Crippen LogP) is 4.41. The van der Waals surface area contributed by atoms with Crippen LogP contribution in [0.2, 0.25) is 0 Å². The van der Waals surface area contributed by atoms with Crippen LogP contribution in [0.25, 0.3) is 11.1 Å². The van der Waals surface area contributed by atoms with E-state index in [0.29, 0.717) is 0 Å². The second-order valence-corrected chi connectivity index (χ2v) is 6.11. The molecule has 1 N–H and O–H groups in total. The molecule has 2 nitrogen and oxygen atoms in total. The van der Waals surface area contributed by atoms with Gasteiger partial charge >= 0.3 is 0 Å². The van der Waals surface area contributed by atoms with E-state index in [9.17, 15) is 5.11 Å². The molecule has 118 valence electrons. The monoisotopic (exact) mass is 297 g/mol. The number of nitrogens with zero attached hydrogens (tertiary/aromatic N) is 1. The molecule has 22 heavy (non-hydrogen) atoms. The van der Waals surface area contributed by atoms with Crippen LogP contribution in [0.15, 0.2) is 60.7 Å². The molecule has 1 heterocycles. The van der Waals surface area contributed by atoms with Gasteiger partial charge in [0.15, 0.2) is 0 Å². The Morgan fingerprint density at radius 2 is 1.45 bits per heavy atom. The highest BCUT2D eigenvalue weighted by Crippen LogP contribution is 2.17. The molecule has 0 saturated carbocycles. The third-order valence-electron chi connectivity index (χ3n) is 4.10. The first-order chi connectivity index (χ1) is 10.7. The van der Waals surface area contributed by atoms with Crippen molar-refractivity contribution in [1.82, 2.24) is 4.90 Å². The molecule has 3 rings (SSSR count). The smallest absolute Gasteiger partial charge is 0.104 e. The zero-order valence-electron chi connectivity index (χ0n) is 13.7. The van der Waals surface area contributed by atoms with Crippen molar-refractivity contribution in [2.75, 3.05) is 13.1 Å². The summed E-state index contributed by atoms with van der Waals surface area (Å²) in [6.07, 6.45) is 2.32. The van der Waals surface area contributed by atoms with Crippen LogP contribution < -0.4 is 0 Å². The van der Waals surface area contributed by atoms with Crippen LogP contribution in [0.5, 0.6) is 0 Å². The second-order valence-electron chi connectivity index (χ2n) is 6.11. The number of aliphatic hydroxyl groups is 1. The van der Waals surface area contributed by atoms with E-state index in [1.807, 2.05) is 19.1 Å². The number of piperidine rings is 1. The second kappa shape index (κ2) is 8.72. The van der Waals surface area contributed by atoms with Crippen molar-refractivity contribution in [3.8, 4) is 11.1 Å². The average molecular weight is 297 g/mol. The molecular formula is C20H27NO. The molecule has 2 atom stereocenters. The van der Waals surface area contributed by atoms with E-state index < -0.39 is 0 Å².